The molecule has 5 N–H and O–H groups in total. The largest absolute Gasteiger partial charge is 0.481 e. The zero-order valence-corrected chi connectivity index (χ0v) is 58.7. The van der Waals surface area contributed by atoms with Gasteiger partial charge < -0.3 is 54.3 Å². The first-order valence-corrected chi connectivity index (χ1v) is 36.3. The topological polar surface area (TPSA) is 341 Å². The third-order valence-corrected chi connectivity index (χ3v) is 15.6. The number of aliphatic carboxylic acids is 1. The van der Waals surface area contributed by atoms with Gasteiger partial charge in [0.05, 0.1) is 45.4 Å². The van der Waals surface area contributed by atoms with E-state index < -0.39 is 69.5 Å². The Morgan fingerprint density at radius 2 is 0.871 bits per heavy atom. The summed E-state index contributed by atoms with van der Waals surface area (Å²) in [6.45, 7) is 13.9. The van der Waals surface area contributed by atoms with Crippen molar-refractivity contribution < 1.29 is 94.7 Å². The molecule has 0 bridgehead atoms. The van der Waals surface area contributed by atoms with Gasteiger partial charge in [-0.3, -0.25) is 43.1 Å². The van der Waals surface area contributed by atoms with E-state index in [4.69, 9.17) is 33.5 Å². The number of amides is 6. The Morgan fingerprint density at radius 1 is 0.462 bits per heavy atom. The molecule has 26 heteroatoms. The quantitative estimate of drug-likeness (QED) is 0.0215. The Kier molecular flexibility index (Phi) is 52.7. The van der Waals surface area contributed by atoms with Crippen molar-refractivity contribution in [2.75, 3.05) is 71.7 Å². The zero-order chi connectivity index (χ0) is 69.4. The molecule has 0 aromatic rings. The molecular weight excluding hydrogens is 1230 g/mol. The molecule has 540 valence electrons. The fraction of sp³-hybridized carbons (Fsp3) is 0.851. The van der Waals surface area contributed by atoms with Crippen molar-refractivity contribution in [3.05, 3.63) is 0 Å². The predicted octanol–water partition coefficient (Wildman–Crippen LogP) is 9.86. The third-order valence-electron chi connectivity index (χ3n) is 14.3. The van der Waals surface area contributed by atoms with E-state index in [1.165, 1.54) is 109 Å². The number of nitrogens with one attached hydrogen (secondary N) is 4. The van der Waals surface area contributed by atoms with Gasteiger partial charge in [0.15, 0.2) is 0 Å². The fourth-order valence-electron chi connectivity index (χ4n) is 9.44. The molecular formula is C67H121N5O20S. The summed E-state index contributed by atoms with van der Waals surface area (Å²) in [5.74, 6) is -5.46. The lowest BCUT2D eigenvalue weighted by Crippen LogP contribution is -2.44. The Bertz CT molecular complexity index is 2190. The summed E-state index contributed by atoms with van der Waals surface area (Å²) in [7, 11) is -3.71. The maximum Gasteiger partial charge on any atom is 0.358 e. The summed E-state index contributed by atoms with van der Waals surface area (Å²) in [5.41, 5.74) is -1.16. The maximum atomic E-state index is 12.9. The zero-order valence-electron chi connectivity index (χ0n) is 57.9. The third kappa shape index (κ3) is 59.0. The van der Waals surface area contributed by atoms with Crippen LogP contribution in [0.4, 0.5) is 0 Å². The highest BCUT2D eigenvalue weighted by atomic mass is 32.2. The van der Waals surface area contributed by atoms with Gasteiger partial charge in [-0.05, 0) is 73.6 Å². The number of esters is 2. The number of hydroxylamine groups is 2. The minimum Gasteiger partial charge on any atom is -0.481 e. The van der Waals surface area contributed by atoms with Gasteiger partial charge in [0.25, 0.3) is 11.8 Å². The van der Waals surface area contributed by atoms with Gasteiger partial charge in [-0.2, -0.15) is 0 Å². The van der Waals surface area contributed by atoms with Gasteiger partial charge in [-0.1, -0.05) is 161 Å². The van der Waals surface area contributed by atoms with Crippen molar-refractivity contribution in [2.24, 2.45) is 0 Å². The lowest BCUT2D eigenvalue weighted by Gasteiger charge is -2.24. The average molecular weight is 1350 g/mol. The molecule has 25 nitrogen and oxygen atoms in total. The number of carboxylic acid groups (broad SMARTS) is 1. The molecule has 1 saturated heterocycles. The van der Waals surface area contributed by atoms with Gasteiger partial charge in [-0.15, -0.1) is 5.06 Å². The Hall–Kier alpha value is -5.31. The molecule has 0 aromatic heterocycles. The number of hydrogen-bond donors (Lipinski definition) is 5. The van der Waals surface area contributed by atoms with Crippen LogP contribution in [0.15, 0.2) is 0 Å². The van der Waals surface area contributed by atoms with Crippen molar-refractivity contribution in [1.82, 2.24) is 25.7 Å². The number of imide groups is 1. The monoisotopic (exact) mass is 1350 g/mol. The predicted molar refractivity (Wildman–Crippen MR) is 352 cm³/mol. The molecule has 0 spiro atoms. The molecule has 1 atom stereocenters. The van der Waals surface area contributed by atoms with E-state index in [2.05, 4.69) is 27.7 Å². The number of hydrogen-bond acceptors (Lipinski definition) is 19. The number of nitrogens with zero attached hydrogens (tertiary/aromatic N) is 1. The smallest absolute Gasteiger partial charge is 0.358 e. The van der Waals surface area contributed by atoms with Crippen LogP contribution < -0.4 is 20.7 Å². The van der Waals surface area contributed by atoms with Crippen molar-refractivity contribution in [3.63, 3.8) is 0 Å². The van der Waals surface area contributed by atoms with Crippen LogP contribution in [-0.2, 0) is 91.2 Å². The molecule has 1 aliphatic rings. The minimum atomic E-state index is -3.71. The average Bonchev–Trinajstić information content (AvgIpc) is 2.40. The molecule has 93 heavy (non-hydrogen) atoms. The van der Waals surface area contributed by atoms with E-state index >= 15 is 0 Å². The molecule has 6 amide bonds. The molecule has 0 aromatic carbocycles. The van der Waals surface area contributed by atoms with Crippen molar-refractivity contribution >= 4 is 69.3 Å². The maximum absolute atomic E-state index is 12.9. The molecule has 0 unspecified atom stereocenters. The number of unbranched alkanes of at least 4 members (excludes halogenated alkanes) is 25. The van der Waals surface area contributed by atoms with E-state index in [-0.39, 0.29) is 134 Å². The normalized spacial score (nSPS) is 12.8. The second-order valence-corrected chi connectivity index (χ2v) is 27.5. The van der Waals surface area contributed by atoms with Gasteiger partial charge in [0.2, 0.25) is 33.7 Å². The summed E-state index contributed by atoms with van der Waals surface area (Å²) in [6, 6.07) is -0.945. The summed E-state index contributed by atoms with van der Waals surface area (Å²) < 4.78 is 57.3. The van der Waals surface area contributed by atoms with E-state index in [0.717, 1.165) is 57.8 Å². The van der Waals surface area contributed by atoms with Crippen molar-refractivity contribution in [3.8, 4) is 0 Å². The van der Waals surface area contributed by atoms with Crippen LogP contribution in [-0.4, -0.2) is 167 Å². The number of ether oxygens (including phenoxy) is 6. The van der Waals surface area contributed by atoms with Crippen LogP contribution in [0.3, 0.4) is 0 Å². The lowest BCUT2D eigenvalue weighted by atomic mass is 10.0. The second kappa shape index (κ2) is 55.9. The number of carbonyl (C=O) groups excluding carboxylic acids is 9. The highest BCUT2D eigenvalue weighted by Gasteiger charge is 2.33. The molecule has 1 heterocycles. The highest BCUT2D eigenvalue weighted by Crippen LogP contribution is 2.18. The van der Waals surface area contributed by atoms with Crippen molar-refractivity contribution in [2.45, 2.75) is 297 Å². The van der Waals surface area contributed by atoms with E-state index in [1.54, 1.807) is 20.8 Å². The molecule has 0 radical (unpaired) electrons. The Labute approximate surface area is 556 Å². The number of rotatable bonds is 58. The second-order valence-electron chi connectivity index (χ2n) is 25.6. The van der Waals surface area contributed by atoms with E-state index in [0.29, 0.717) is 24.3 Å². The minimum absolute atomic E-state index is 0.00210. The standard InChI is InChI=1S/C47H82N4O15.C20H39NO5S/c1-46(2,3)64-43(57)22-20-18-16-14-12-10-8-7-9-11-13-15-17-19-21-39(53)50-37(45(59)65-47(4,5)6)23-24-38(52)48-27-29-60-31-33-62-35-40(54)49-28-30-61-32-34-63-36-44(58)66-51-41(55)25-26-42(51)56;1-2-3-4-5-6-7-8-9-10-11-12-13-14-16-19(22)21-27(25,26)18-15-17-20(23)24/h37H,7-36H2,1-6H3,(H,48,52)(H,49,54)(H,50,53);2-18H2,1H3,(H,21,22)(H,23,24)/t37-;/m0./s1. The number of sulfonamides is 1. The van der Waals surface area contributed by atoms with E-state index in [9.17, 15) is 56.4 Å². The molecule has 1 rings (SSSR count). The Balaban J connectivity index is 0.00000261. The molecule has 1 fully saturated rings. The molecule has 0 aliphatic carbocycles. The Morgan fingerprint density at radius 3 is 1.32 bits per heavy atom. The SMILES string of the molecule is CC(C)(C)OC(=O)CCCCCCCCCCCCCCCCC(=O)N[C@@H](CCC(=O)NCCOCCOCC(=O)NCCOCCOCC(=O)ON1C(=O)CCC1=O)C(=O)OC(C)(C)C.CCCCCCCCCCCCCCCC(=O)NS(=O)(=O)CCCC(=O)O. The van der Waals surface area contributed by atoms with E-state index in [1.807, 2.05) is 25.5 Å². The lowest BCUT2D eigenvalue weighted by molar-refractivity contribution is -0.200. The number of carboxylic acids is 1. The molecule has 0 saturated carbocycles. The van der Waals surface area contributed by atoms with Crippen LogP contribution in [0.1, 0.15) is 280 Å². The van der Waals surface area contributed by atoms with Crippen LogP contribution in [0, 0.1) is 0 Å². The van der Waals surface area contributed by atoms with Crippen LogP contribution >= 0.6 is 0 Å². The van der Waals surface area contributed by atoms with Crippen LogP contribution in [0.5, 0.6) is 0 Å². The first-order chi connectivity index (χ1) is 44.2. The van der Waals surface area contributed by atoms with Crippen LogP contribution in [0.2, 0.25) is 0 Å². The van der Waals surface area contributed by atoms with Gasteiger partial charge in [0, 0.05) is 58.0 Å². The van der Waals surface area contributed by atoms with Gasteiger partial charge in [-0.25, -0.2) is 18.0 Å². The van der Waals surface area contributed by atoms with Crippen molar-refractivity contribution in [1.29, 1.82) is 0 Å². The summed E-state index contributed by atoms with van der Waals surface area (Å²) in [5, 5.41) is 17.1. The number of carbonyl (C=O) groups is 10. The fourth-order valence-corrected chi connectivity index (χ4v) is 10.5. The summed E-state index contributed by atoms with van der Waals surface area (Å²) >= 11 is 0. The highest BCUT2D eigenvalue weighted by molar-refractivity contribution is 7.90. The summed E-state index contributed by atoms with van der Waals surface area (Å²) in [6.07, 6.45) is 32.3. The molecule has 1 aliphatic heterocycles. The summed E-state index contributed by atoms with van der Waals surface area (Å²) in [4.78, 5) is 123. The van der Waals surface area contributed by atoms with Crippen LogP contribution in [0.25, 0.3) is 0 Å². The van der Waals surface area contributed by atoms with Gasteiger partial charge >= 0.3 is 23.9 Å². The first kappa shape index (κ1) is 87.7. The first-order valence-electron chi connectivity index (χ1n) is 34.6. The van der Waals surface area contributed by atoms with Gasteiger partial charge in [0.1, 0.15) is 30.5 Å².